The number of aromatic nitrogens is 1. The van der Waals surface area contributed by atoms with E-state index in [1.54, 1.807) is 37.4 Å². The third kappa shape index (κ3) is 3.56. The molecule has 32 heavy (non-hydrogen) atoms. The maximum absolute atomic E-state index is 14.1. The molecule has 158 valence electrons. The summed E-state index contributed by atoms with van der Waals surface area (Å²) in [6, 6.07) is 21.1. The van der Waals surface area contributed by atoms with Crippen molar-refractivity contribution in [2.45, 2.75) is 13.5 Å². The lowest BCUT2D eigenvalue weighted by Crippen LogP contribution is -2.04. The molecule has 0 aliphatic heterocycles. The molecular formula is C26H18FNO4. The normalized spacial score (nSPS) is 11.1. The molecule has 0 N–H and O–H groups in total. The van der Waals surface area contributed by atoms with E-state index < -0.39 is 5.63 Å². The van der Waals surface area contributed by atoms with Crippen LogP contribution in [0.15, 0.2) is 92.7 Å². The van der Waals surface area contributed by atoms with E-state index in [9.17, 15) is 9.18 Å². The number of aryl methyl sites for hydroxylation is 1. The van der Waals surface area contributed by atoms with Crippen LogP contribution in [0.2, 0.25) is 0 Å². The molecule has 0 atom stereocenters. The first kappa shape index (κ1) is 19.8. The first-order valence-corrected chi connectivity index (χ1v) is 10.1. The Morgan fingerprint density at radius 1 is 0.969 bits per heavy atom. The molecule has 0 saturated heterocycles. The largest absolute Gasteiger partial charge is 0.488 e. The van der Waals surface area contributed by atoms with Gasteiger partial charge >= 0.3 is 5.63 Å². The predicted octanol–water partition coefficient (Wildman–Crippen LogP) is 6.14. The number of hydrogen-bond acceptors (Lipinski definition) is 5. The quantitative estimate of drug-likeness (QED) is 0.315. The molecule has 0 spiro atoms. The summed E-state index contributed by atoms with van der Waals surface area (Å²) in [6.07, 6.45) is 1.54. The van der Waals surface area contributed by atoms with Crippen molar-refractivity contribution >= 4 is 11.0 Å². The van der Waals surface area contributed by atoms with Crippen molar-refractivity contribution < 1.29 is 18.1 Å². The Kier molecular flexibility index (Phi) is 5.03. The monoisotopic (exact) mass is 427 g/mol. The number of hydrogen-bond donors (Lipinski definition) is 0. The fourth-order valence-corrected chi connectivity index (χ4v) is 3.79. The van der Waals surface area contributed by atoms with E-state index in [-0.39, 0.29) is 12.4 Å². The highest BCUT2D eigenvalue weighted by Gasteiger charge is 2.21. The maximum atomic E-state index is 14.1. The third-order valence-corrected chi connectivity index (χ3v) is 5.33. The molecule has 5 aromatic rings. The molecular weight excluding hydrogens is 409 g/mol. The van der Waals surface area contributed by atoms with Gasteiger partial charge in [0.05, 0.1) is 11.8 Å². The first-order chi connectivity index (χ1) is 15.6. The van der Waals surface area contributed by atoms with Gasteiger partial charge in [-0.05, 0) is 30.2 Å². The Morgan fingerprint density at radius 2 is 1.75 bits per heavy atom. The number of fused-ring (bicyclic) bond motifs is 1. The van der Waals surface area contributed by atoms with Gasteiger partial charge in [0.2, 0.25) is 0 Å². The number of ether oxygens (including phenoxy) is 1. The zero-order valence-electron chi connectivity index (χ0n) is 17.2. The first-order valence-electron chi connectivity index (χ1n) is 10.1. The smallest absolute Gasteiger partial charge is 0.336 e. The Morgan fingerprint density at radius 3 is 2.50 bits per heavy atom. The van der Waals surface area contributed by atoms with Gasteiger partial charge < -0.3 is 13.7 Å². The number of benzene rings is 3. The molecule has 2 heterocycles. The van der Waals surface area contributed by atoms with Gasteiger partial charge in [-0.25, -0.2) is 9.18 Å². The molecule has 5 rings (SSSR count). The molecule has 0 aliphatic rings. The van der Waals surface area contributed by atoms with E-state index in [1.165, 1.54) is 12.1 Å². The summed E-state index contributed by atoms with van der Waals surface area (Å²) in [5.74, 6) is 0.569. The van der Waals surface area contributed by atoms with Crippen LogP contribution in [0.25, 0.3) is 33.4 Å². The average Bonchev–Trinajstić information content (AvgIpc) is 3.35. The van der Waals surface area contributed by atoms with Crippen LogP contribution in [0.4, 0.5) is 4.39 Å². The fraction of sp³-hybridized carbons (Fsp3) is 0.0769. The Hall–Kier alpha value is -4.19. The zero-order valence-corrected chi connectivity index (χ0v) is 17.2. The Bertz CT molecular complexity index is 1460. The molecule has 5 nitrogen and oxygen atoms in total. The van der Waals surface area contributed by atoms with Gasteiger partial charge in [-0.3, -0.25) is 0 Å². The Labute approximate surface area is 182 Å². The second kappa shape index (κ2) is 8.15. The lowest BCUT2D eigenvalue weighted by atomic mass is 9.96. The van der Waals surface area contributed by atoms with Gasteiger partial charge in [0.25, 0.3) is 0 Å². The topological polar surface area (TPSA) is 65.5 Å². The SMILES string of the molecule is Cc1c(OCc2ccccc2F)c(-c2ccno2)cc2c(-c3ccccc3)cc(=O)oc12. The molecule has 0 amide bonds. The second-order valence-electron chi connectivity index (χ2n) is 7.36. The van der Waals surface area contributed by atoms with E-state index >= 15 is 0 Å². The van der Waals surface area contributed by atoms with Crippen LogP contribution in [0.5, 0.6) is 5.75 Å². The highest BCUT2D eigenvalue weighted by atomic mass is 19.1. The van der Waals surface area contributed by atoms with E-state index in [0.717, 1.165) is 16.5 Å². The third-order valence-electron chi connectivity index (χ3n) is 5.33. The molecule has 0 aliphatic carbocycles. The van der Waals surface area contributed by atoms with Crippen molar-refractivity contribution in [2.75, 3.05) is 0 Å². The summed E-state index contributed by atoms with van der Waals surface area (Å²) in [7, 11) is 0. The molecule has 3 aromatic carbocycles. The molecule has 0 unspecified atom stereocenters. The molecule has 6 heteroatoms. The number of halogens is 1. The number of rotatable bonds is 5. The standard InChI is InChI=1S/C26H18FNO4/c1-16-25(30-15-18-9-5-6-10-22(18)27)21(23-11-12-28-32-23)13-20-19(14-24(29)31-26(16)20)17-7-3-2-4-8-17/h2-14H,15H2,1H3. The lowest BCUT2D eigenvalue weighted by molar-refractivity contribution is 0.297. The van der Waals surface area contributed by atoms with Crippen molar-refractivity contribution in [3.8, 4) is 28.2 Å². The van der Waals surface area contributed by atoms with Crippen LogP contribution in [0, 0.1) is 12.7 Å². The minimum absolute atomic E-state index is 0.00274. The summed E-state index contributed by atoms with van der Waals surface area (Å²) < 4.78 is 31.2. The van der Waals surface area contributed by atoms with Crippen molar-refractivity contribution in [1.82, 2.24) is 5.16 Å². The minimum atomic E-state index is -0.466. The lowest BCUT2D eigenvalue weighted by Gasteiger charge is -2.16. The molecule has 0 fully saturated rings. The van der Waals surface area contributed by atoms with Crippen LogP contribution in [-0.4, -0.2) is 5.16 Å². The van der Waals surface area contributed by atoms with Crippen LogP contribution in [0.1, 0.15) is 11.1 Å². The predicted molar refractivity (Wildman–Crippen MR) is 119 cm³/mol. The average molecular weight is 427 g/mol. The van der Waals surface area contributed by atoms with Gasteiger partial charge in [-0.15, -0.1) is 0 Å². The minimum Gasteiger partial charge on any atom is -0.488 e. The fourth-order valence-electron chi connectivity index (χ4n) is 3.79. The number of nitrogens with zero attached hydrogens (tertiary/aromatic N) is 1. The van der Waals surface area contributed by atoms with E-state index in [4.69, 9.17) is 13.7 Å². The van der Waals surface area contributed by atoms with Gasteiger partial charge in [0.1, 0.15) is 23.8 Å². The highest BCUT2D eigenvalue weighted by molar-refractivity contribution is 5.99. The van der Waals surface area contributed by atoms with Gasteiger partial charge in [0.15, 0.2) is 5.76 Å². The zero-order chi connectivity index (χ0) is 22.1. The molecule has 0 radical (unpaired) electrons. The van der Waals surface area contributed by atoms with E-state index in [1.807, 2.05) is 36.4 Å². The van der Waals surface area contributed by atoms with Gasteiger partial charge in [-0.2, -0.15) is 0 Å². The maximum Gasteiger partial charge on any atom is 0.336 e. The van der Waals surface area contributed by atoms with Crippen molar-refractivity contribution in [2.24, 2.45) is 0 Å². The van der Waals surface area contributed by atoms with Crippen molar-refractivity contribution in [3.63, 3.8) is 0 Å². The molecule has 0 bridgehead atoms. The van der Waals surface area contributed by atoms with Gasteiger partial charge in [-0.1, -0.05) is 53.7 Å². The second-order valence-corrected chi connectivity index (χ2v) is 7.36. The summed E-state index contributed by atoms with van der Waals surface area (Å²) in [6.45, 7) is 1.80. The summed E-state index contributed by atoms with van der Waals surface area (Å²) >= 11 is 0. The molecule has 0 saturated carbocycles. The summed E-state index contributed by atoms with van der Waals surface area (Å²) in [5, 5.41) is 4.55. The van der Waals surface area contributed by atoms with Gasteiger partial charge in [0, 0.05) is 28.6 Å². The highest BCUT2D eigenvalue weighted by Crippen LogP contribution is 2.41. The summed E-state index contributed by atoms with van der Waals surface area (Å²) in [5.41, 5.74) is 3.22. The van der Waals surface area contributed by atoms with Crippen molar-refractivity contribution in [3.05, 3.63) is 106 Å². The summed E-state index contributed by atoms with van der Waals surface area (Å²) in [4.78, 5) is 12.4. The van der Waals surface area contributed by atoms with E-state index in [0.29, 0.717) is 33.8 Å². The van der Waals surface area contributed by atoms with Crippen LogP contribution in [-0.2, 0) is 6.61 Å². The Balaban J connectivity index is 1.73. The van der Waals surface area contributed by atoms with Crippen LogP contribution in [0.3, 0.4) is 0 Å². The van der Waals surface area contributed by atoms with Crippen LogP contribution >= 0.6 is 0 Å². The van der Waals surface area contributed by atoms with Crippen LogP contribution < -0.4 is 10.4 Å². The van der Waals surface area contributed by atoms with Crippen molar-refractivity contribution in [1.29, 1.82) is 0 Å². The molecule has 2 aromatic heterocycles. The van der Waals surface area contributed by atoms with E-state index in [2.05, 4.69) is 5.16 Å².